The molecule has 0 aliphatic rings. The molecule has 0 aliphatic heterocycles. The minimum absolute atomic E-state index is 0.133. The molecule has 0 atom stereocenters. The fraction of sp³-hybridized carbons (Fsp3) is 0. The summed E-state index contributed by atoms with van der Waals surface area (Å²) in [6.07, 6.45) is 0. The van der Waals surface area contributed by atoms with Gasteiger partial charge in [-0.05, 0) is 17.5 Å². The van der Waals surface area contributed by atoms with E-state index in [0.717, 1.165) is 21.4 Å². The maximum atomic E-state index is 10.9. The van der Waals surface area contributed by atoms with E-state index in [0.29, 0.717) is 0 Å². The Morgan fingerprint density at radius 3 is 2.54 bits per heavy atom. The first-order valence-electron chi connectivity index (χ1n) is 3.62. The average molecular weight is 214 g/mol. The van der Waals surface area contributed by atoms with Crippen molar-refractivity contribution in [1.82, 2.24) is 0 Å². The highest BCUT2D eigenvalue weighted by Gasteiger charge is 2.19. The smallest absolute Gasteiger partial charge is 0.320 e. The van der Waals surface area contributed by atoms with E-state index in [1.807, 2.05) is 24.3 Å². The zero-order valence-corrected chi connectivity index (χ0v) is 8.26. The summed E-state index contributed by atoms with van der Waals surface area (Å²) in [6.45, 7) is 0. The van der Waals surface area contributed by atoms with E-state index in [9.17, 15) is 4.57 Å². The first kappa shape index (κ1) is 8.91. The van der Waals surface area contributed by atoms with Gasteiger partial charge >= 0.3 is 7.60 Å². The summed E-state index contributed by atoms with van der Waals surface area (Å²) < 4.78 is 11.9. The Balaban J connectivity index is 2.69. The van der Waals surface area contributed by atoms with Gasteiger partial charge in [0.25, 0.3) is 0 Å². The zero-order valence-electron chi connectivity index (χ0n) is 6.54. The lowest BCUT2D eigenvalue weighted by Gasteiger charge is -1.96. The first-order chi connectivity index (χ1) is 6.07. The molecule has 0 aliphatic carbocycles. The molecule has 68 valence electrons. The predicted molar refractivity (Wildman–Crippen MR) is 53.5 cm³/mol. The Kier molecular flexibility index (Phi) is 2.00. The van der Waals surface area contributed by atoms with Gasteiger partial charge in [0.2, 0.25) is 0 Å². The minimum Gasteiger partial charge on any atom is -0.320 e. The van der Waals surface area contributed by atoms with Crippen molar-refractivity contribution in [1.29, 1.82) is 0 Å². The summed E-state index contributed by atoms with van der Waals surface area (Å²) in [5.74, 6) is 0. The molecule has 1 aromatic heterocycles. The van der Waals surface area contributed by atoms with E-state index in [-0.39, 0.29) is 4.62 Å². The lowest BCUT2D eigenvalue weighted by Crippen LogP contribution is -1.94. The Labute approximate surface area is 78.8 Å². The number of thiophene rings is 1. The molecular weight excluding hydrogens is 207 g/mol. The molecule has 0 fully saturated rings. The predicted octanol–water partition coefficient (Wildman–Crippen LogP) is 1.70. The van der Waals surface area contributed by atoms with Gasteiger partial charge in [-0.25, -0.2) is 0 Å². The molecule has 2 N–H and O–H groups in total. The normalized spacial score (nSPS) is 12.2. The quantitative estimate of drug-likeness (QED) is 0.710. The highest BCUT2D eigenvalue weighted by molar-refractivity contribution is 7.68. The Morgan fingerprint density at radius 2 is 1.92 bits per heavy atom. The molecule has 0 amide bonds. The molecule has 0 spiro atoms. The van der Waals surface area contributed by atoms with Crippen LogP contribution in [0.5, 0.6) is 0 Å². The molecule has 0 unspecified atom stereocenters. The monoisotopic (exact) mass is 214 g/mol. The highest BCUT2D eigenvalue weighted by Crippen LogP contribution is 2.38. The van der Waals surface area contributed by atoms with E-state index in [2.05, 4.69) is 0 Å². The van der Waals surface area contributed by atoms with Gasteiger partial charge in [0.1, 0.15) is 4.62 Å². The SMILES string of the molecule is O=P(O)(O)c1cc2ccccc2s1. The second-order valence-corrected chi connectivity index (χ2v) is 5.62. The third-order valence-corrected chi connectivity index (χ3v) is 4.31. The van der Waals surface area contributed by atoms with Crippen molar-refractivity contribution in [2.75, 3.05) is 0 Å². The molecule has 0 saturated carbocycles. The first-order valence-corrected chi connectivity index (χ1v) is 6.05. The van der Waals surface area contributed by atoms with Crippen LogP contribution in [-0.2, 0) is 4.57 Å². The van der Waals surface area contributed by atoms with Crippen LogP contribution in [0.1, 0.15) is 0 Å². The summed E-state index contributed by atoms with van der Waals surface area (Å²) in [4.78, 5) is 17.8. The summed E-state index contributed by atoms with van der Waals surface area (Å²) >= 11 is 1.14. The molecule has 2 aromatic rings. The Morgan fingerprint density at radius 1 is 1.23 bits per heavy atom. The van der Waals surface area contributed by atoms with Crippen LogP contribution in [0.3, 0.4) is 0 Å². The van der Waals surface area contributed by atoms with Crippen LogP contribution in [0.25, 0.3) is 10.1 Å². The summed E-state index contributed by atoms with van der Waals surface area (Å²) in [5, 5.41) is 0.880. The number of fused-ring (bicyclic) bond motifs is 1. The maximum absolute atomic E-state index is 10.9. The average Bonchev–Trinajstić information content (AvgIpc) is 2.45. The molecule has 0 radical (unpaired) electrons. The fourth-order valence-corrected chi connectivity index (χ4v) is 2.99. The van der Waals surface area contributed by atoms with E-state index in [4.69, 9.17) is 9.79 Å². The lowest BCUT2D eigenvalue weighted by molar-refractivity contribution is 0.388. The van der Waals surface area contributed by atoms with Crippen molar-refractivity contribution in [2.24, 2.45) is 0 Å². The van der Waals surface area contributed by atoms with Crippen LogP contribution in [-0.4, -0.2) is 9.79 Å². The Hall–Kier alpha value is -0.670. The third-order valence-electron chi connectivity index (χ3n) is 1.70. The number of hydrogen-bond acceptors (Lipinski definition) is 2. The van der Waals surface area contributed by atoms with Gasteiger partial charge in [0, 0.05) is 4.70 Å². The highest BCUT2D eigenvalue weighted by atomic mass is 32.1. The number of benzene rings is 1. The summed E-state index contributed by atoms with van der Waals surface area (Å²) in [5.41, 5.74) is 0. The van der Waals surface area contributed by atoms with E-state index >= 15 is 0 Å². The van der Waals surface area contributed by atoms with Crippen LogP contribution in [0.2, 0.25) is 0 Å². The standard InChI is InChI=1S/C8H7O3PS/c9-12(10,11)8-5-6-3-1-2-4-7(6)13-8/h1-5H,(H2,9,10,11). The largest absolute Gasteiger partial charge is 0.366 e. The van der Waals surface area contributed by atoms with Gasteiger partial charge < -0.3 is 9.79 Å². The maximum Gasteiger partial charge on any atom is 0.366 e. The van der Waals surface area contributed by atoms with E-state index < -0.39 is 7.60 Å². The third kappa shape index (κ3) is 1.67. The summed E-state index contributed by atoms with van der Waals surface area (Å²) in [7, 11) is -4.07. The van der Waals surface area contributed by atoms with Crippen LogP contribution in [0.15, 0.2) is 30.3 Å². The fourth-order valence-electron chi connectivity index (χ4n) is 1.11. The van der Waals surface area contributed by atoms with Gasteiger partial charge in [0.15, 0.2) is 0 Å². The molecule has 13 heavy (non-hydrogen) atoms. The Bertz CT molecular complexity index is 452. The minimum atomic E-state index is -4.07. The van der Waals surface area contributed by atoms with Crippen LogP contribution >= 0.6 is 18.9 Å². The molecular formula is C8H7O3PS. The van der Waals surface area contributed by atoms with Gasteiger partial charge in [-0.2, -0.15) is 0 Å². The van der Waals surface area contributed by atoms with Crippen molar-refractivity contribution in [3.63, 3.8) is 0 Å². The second kappa shape index (κ2) is 2.93. The molecule has 2 rings (SSSR count). The van der Waals surface area contributed by atoms with E-state index in [1.54, 1.807) is 6.07 Å². The van der Waals surface area contributed by atoms with Crippen molar-refractivity contribution in [2.45, 2.75) is 0 Å². The van der Waals surface area contributed by atoms with Crippen LogP contribution in [0, 0.1) is 0 Å². The molecule has 1 aromatic carbocycles. The van der Waals surface area contributed by atoms with Crippen molar-refractivity contribution < 1.29 is 14.4 Å². The van der Waals surface area contributed by atoms with E-state index in [1.165, 1.54) is 0 Å². The lowest BCUT2D eigenvalue weighted by atomic mass is 10.3. The van der Waals surface area contributed by atoms with Gasteiger partial charge in [-0.15, -0.1) is 11.3 Å². The second-order valence-electron chi connectivity index (χ2n) is 2.67. The molecule has 0 saturated heterocycles. The van der Waals surface area contributed by atoms with Crippen LogP contribution in [0.4, 0.5) is 0 Å². The van der Waals surface area contributed by atoms with Crippen molar-refractivity contribution in [3.8, 4) is 0 Å². The van der Waals surface area contributed by atoms with Crippen molar-refractivity contribution in [3.05, 3.63) is 30.3 Å². The molecule has 0 bridgehead atoms. The van der Waals surface area contributed by atoms with Crippen molar-refractivity contribution >= 4 is 33.6 Å². The topological polar surface area (TPSA) is 57.5 Å². The van der Waals surface area contributed by atoms with Gasteiger partial charge in [-0.3, -0.25) is 4.57 Å². The molecule has 1 heterocycles. The summed E-state index contributed by atoms with van der Waals surface area (Å²) in [6, 6.07) is 8.92. The zero-order chi connectivity index (χ0) is 9.47. The molecule has 5 heteroatoms. The van der Waals surface area contributed by atoms with Gasteiger partial charge in [-0.1, -0.05) is 18.2 Å². The number of rotatable bonds is 1. The van der Waals surface area contributed by atoms with Crippen LogP contribution < -0.4 is 4.62 Å². The molecule has 3 nitrogen and oxygen atoms in total. The van der Waals surface area contributed by atoms with Gasteiger partial charge in [0.05, 0.1) is 0 Å². The number of hydrogen-bond donors (Lipinski definition) is 2.